The summed E-state index contributed by atoms with van der Waals surface area (Å²) in [5.41, 5.74) is 1.92. The van der Waals surface area contributed by atoms with Crippen LogP contribution >= 0.6 is 0 Å². The van der Waals surface area contributed by atoms with Gasteiger partial charge < -0.3 is 4.74 Å². The lowest BCUT2D eigenvalue weighted by Gasteiger charge is -2.12. The van der Waals surface area contributed by atoms with Crippen LogP contribution in [0, 0.1) is 16.7 Å². The fraction of sp³-hybridized carbons (Fsp3) is 0.500. The van der Waals surface area contributed by atoms with Crippen molar-refractivity contribution in [1.29, 1.82) is 5.26 Å². The molecule has 0 radical (unpaired) electrons. The molecular weight excluding hydrogens is 250 g/mol. The number of nitriles is 1. The monoisotopic (exact) mass is 269 g/mol. The van der Waals surface area contributed by atoms with E-state index in [1.807, 2.05) is 24.0 Å². The Morgan fingerprint density at radius 3 is 2.80 bits per heavy atom. The molecule has 0 atom stereocenters. The molecule has 1 saturated carbocycles. The van der Waals surface area contributed by atoms with E-state index in [9.17, 15) is 0 Å². The number of hydrogen-bond acceptors (Lipinski definition) is 3. The van der Waals surface area contributed by atoms with Gasteiger partial charge in [0.2, 0.25) is 0 Å². The Labute approximate surface area is 119 Å². The molecule has 0 unspecified atom stereocenters. The molecule has 20 heavy (non-hydrogen) atoms. The molecule has 3 rings (SSSR count). The molecule has 1 aliphatic carbocycles. The number of rotatable bonds is 4. The van der Waals surface area contributed by atoms with Crippen molar-refractivity contribution >= 4 is 10.9 Å². The van der Waals surface area contributed by atoms with Crippen LogP contribution in [0.25, 0.3) is 10.9 Å². The highest BCUT2D eigenvalue weighted by Gasteiger charge is 2.44. The normalized spacial score (nSPS) is 16.4. The van der Waals surface area contributed by atoms with Crippen molar-refractivity contribution in [3.05, 3.63) is 23.9 Å². The lowest BCUT2D eigenvalue weighted by molar-refractivity contribution is 0.271. The summed E-state index contributed by atoms with van der Waals surface area (Å²) in [6, 6.07) is 6.45. The van der Waals surface area contributed by atoms with Gasteiger partial charge in [-0.15, -0.1) is 0 Å². The van der Waals surface area contributed by atoms with Crippen LogP contribution in [0.2, 0.25) is 0 Å². The number of aromatic nitrogens is 2. The zero-order chi connectivity index (χ0) is 14.3. The highest BCUT2D eigenvalue weighted by molar-refractivity contribution is 5.87. The summed E-state index contributed by atoms with van der Waals surface area (Å²) in [5, 5.41) is 14.8. The zero-order valence-electron chi connectivity index (χ0n) is 12.2. The first kappa shape index (κ1) is 13.0. The van der Waals surface area contributed by atoms with Gasteiger partial charge in [0.05, 0.1) is 11.5 Å². The van der Waals surface area contributed by atoms with Gasteiger partial charge in [0.1, 0.15) is 17.9 Å². The van der Waals surface area contributed by atoms with Crippen LogP contribution in [0.4, 0.5) is 0 Å². The van der Waals surface area contributed by atoms with E-state index >= 15 is 0 Å². The summed E-state index contributed by atoms with van der Waals surface area (Å²) in [6.07, 6.45) is 3.92. The summed E-state index contributed by atoms with van der Waals surface area (Å²) in [7, 11) is 1.92. The van der Waals surface area contributed by atoms with Crippen molar-refractivity contribution in [3.63, 3.8) is 0 Å². The molecule has 0 amide bonds. The van der Waals surface area contributed by atoms with Crippen molar-refractivity contribution < 1.29 is 4.74 Å². The van der Waals surface area contributed by atoms with Crippen LogP contribution in [0.15, 0.2) is 18.3 Å². The summed E-state index contributed by atoms with van der Waals surface area (Å²) in [5.74, 6) is 1.23. The molecule has 4 nitrogen and oxygen atoms in total. The number of hydrogen-bond donors (Lipinski definition) is 0. The minimum atomic E-state index is -0.252. The van der Waals surface area contributed by atoms with Crippen molar-refractivity contribution in [2.75, 3.05) is 6.61 Å². The van der Waals surface area contributed by atoms with Crippen LogP contribution in [-0.2, 0) is 7.05 Å². The molecule has 2 aromatic rings. The van der Waals surface area contributed by atoms with E-state index in [1.54, 1.807) is 0 Å². The highest BCUT2D eigenvalue weighted by Crippen LogP contribution is 2.45. The van der Waals surface area contributed by atoms with Crippen molar-refractivity contribution in [2.45, 2.75) is 32.6 Å². The fourth-order valence-corrected chi connectivity index (χ4v) is 2.49. The second-order valence-electron chi connectivity index (χ2n) is 6.05. The van der Waals surface area contributed by atoms with Gasteiger partial charge in [0.15, 0.2) is 0 Å². The second kappa shape index (κ2) is 4.52. The molecule has 1 heterocycles. The smallest absolute Gasteiger partial charge is 0.147 e. The molecular formula is C16H19N3O. The van der Waals surface area contributed by atoms with Crippen LogP contribution in [0.5, 0.6) is 5.75 Å². The van der Waals surface area contributed by atoms with Gasteiger partial charge in [-0.2, -0.15) is 10.4 Å². The van der Waals surface area contributed by atoms with Gasteiger partial charge >= 0.3 is 0 Å². The minimum absolute atomic E-state index is 0.252. The average Bonchev–Trinajstić information content (AvgIpc) is 3.09. The molecule has 0 spiro atoms. The van der Waals surface area contributed by atoms with Crippen molar-refractivity contribution in [3.8, 4) is 11.8 Å². The summed E-state index contributed by atoms with van der Waals surface area (Å²) in [4.78, 5) is 0. The largest absolute Gasteiger partial charge is 0.490 e. The van der Waals surface area contributed by atoms with E-state index in [4.69, 9.17) is 10.00 Å². The molecule has 4 heteroatoms. The maximum Gasteiger partial charge on any atom is 0.147 e. The van der Waals surface area contributed by atoms with Gasteiger partial charge in [-0.05, 0) is 30.4 Å². The number of ether oxygens (including phenoxy) is 1. The van der Waals surface area contributed by atoms with E-state index in [2.05, 4.69) is 31.1 Å². The Kier molecular flexibility index (Phi) is 2.93. The predicted octanol–water partition coefficient (Wildman–Crippen LogP) is 3.38. The molecule has 0 saturated heterocycles. The van der Waals surface area contributed by atoms with Gasteiger partial charge in [-0.3, -0.25) is 4.68 Å². The molecule has 0 bridgehead atoms. The molecule has 0 N–H and O–H groups in total. The van der Waals surface area contributed by atoms with Crippen molar-refractivity contribution in [1.82, 2.24) is 9.78 Å². The number of nitrogens with zero attached hydrogens (tertiary/aromatic N) is 3. The van der Waals surface area contributed by atoms with E-state index in [-0.39, 0.29) is 5.41 Å². The predicted molar refractivity (Wildman–Crippen MR) is 77.6 cm³/mol. The Morgan fingerprint density at radius 2 is 2.20 bits per heavy atom. The third-order valence-corrected chi connectivity index (χ3v) is 4.00. The Balaban J connectivity index is 1.96. The summed E-state index contributed by atoms with van der Waals surface area (Å²) < 4.78 is 7.71. The quantitative estimate of drug-likeness (QED) is 0.855. The molecule has 1 fully saturated rings. The number of benzene rings is 1. The van der Waals surface area contributed by atoms with E-state index in [0.717, 1.165) is 29.5 Å². The number of aryl methyl sites for hydroxylation is 1. The summed E-state index contributed by atoms with van der Waals surface area (Å²) >= 11 is 0. The first-order chi connectivity index (χ1) is 9.54. The Morgan fingerprint density at radius 1 is 1.45 bits per heavy atom. The van der Waals surface area contributed by atoms with Gasteiger partial charge in [-0.25, -0.2) is 0 Å². The third-order valence-electron chi connectivity index (χ3n) is 4.00. The average molecular weight is 269 g/mol. The minimum Gasteiger partial charge on any atom is -0.490 e. The second-order valence-corrected chi connectivity index (χ2v) is 6.05. The zero-order valence-corrected chi connectivity index (χ0v) is 12.2. The maximum atomic E-state index is 9.12. The molecule has 1 aromatic carbocycles. The summed E-state index contributed by atoms with van der Waals surface area (Å²) in [6.45, 7) is 4.82. The van der Waals surface area contributed by atoms with E-state index < -0.39 is 0 Å². The SMILES string of the molecule is CC(C)c1ccc(OCC2(C#N)CC2)c2nn(C)cc12. The highest BCUT2D eigenvalue weighted by atomic mass is 16.5. The van der Waals surface area contributed by atoms with Crippen molar-refractivity contribution in [2.24, 2.45) is 12.5 Å². The number of fused-ring (bicyclic) bond motifs is 1. The van der Waals surface area contributed by atoms with Crippen LogP contribution in [-0.4, -0.2) is 16.4 Å². The fourth-order valence-electron chi connectivity index (χ4n) is 2.49. The topological polar surface area (TPSA) is 50.8 Å². The lowest BCUT2D eigenvalue weighted by atomic mass is 9.99. The lowest BCUT2D eigenvalue weighted by Crippen LogP contribution is -2.11. The molecule has 1 aromatic heterocycles. The standard InChI is InChI=1S/C16H19N3O/c1-11(2)12-4-5-14(15-13(12)8-19(3)18-15)20-10-16(9-17)6-7-16/h4-5,8,11H,6-7,10H2,1-3H3. The molecule has 1 aliphatic rings. The third kappa shape index (κ3) is 2.14. The van der Waals surface area contributed by atoms with Gasteiger partial charge in [0, 0.05) is 18.6 Å². The van der Waals surface area contributed by atoms with E-state index in [1.165, 1.54) is 5.56 Å². The van der Waals surface area contributed by atoms with Crippen LogP contribution in [0.3, 0.4) is 0 Å². The van der Waals surface area contributed by atoms with Crippen LogP contribution in [0.1, 0.15) is 38.2 Å². The first-order valence-electron chi connectivity index (χ1n) is 7.05. The van der Waals surface area contributed by atoms with Gasteiger partial charge in [-0.1, -0.05) is 19.9 Å². The first-order valence-corrected chi connectivity index (χ1v) is 7.05. The Hall–Kier alpha value is -2.02. The van der Waals surface area contributed by atoms with E-state index in [0.29, 0.717) is 12.5 Å². The molecule has 0 aliphatic heterocycles. The maximum absolute atomic E-state index is 9.12. The molecule has 104 valence electrons. The Bertz CT molecular complexity index is 690. The van der Waals surface area contributed by atoms with Gasteiger partial charge in [0.25, 0.3) is 0 Å². The van der Waals surface area contributed by atoms with Crippen LogP contribution < -0.4 is 4.74 Å².